The van der Waals surface area contributed by atoms with E-state index in [1.807, 2.05) is 0 Å². The second-order valence-corrected chi connectivity index (χ2v) is 8.93. The monoisotopic (exact) mass is 370 g/mol. The highest BCUT2D eigenvalue weighted by atomic mass is 31.1. The Morgan fingerprint density at radius 2 is 2.00 bits per heavy atom. The second-order valence-electron chi connectivity index (χ2n) is 8.32. The standard InChI is InChI=1S/2C10H16.HO4P.H2/c1-8-3-5-10(2)6-4-9(8)7-10;1-4-10(3)7-5-9(2)6-8-10;1-4-5(2)3;/h3,9H,4-7H2,1-2H3;4-5H,1,6-8H2,2-3H3;1H;1H. The molecule has 144 valence electrons. The normalized spacial score (nSPS) is 33.7. The van der Waals surface area contributed by atoms with Crippen LogP contribution in [-0.4, -0.2) is 5.26 Å². The van der Waals surface area contributed by atoms with Crippen LogP contribution in [0.5, 0.6) is 0 Å². The highest BCUT2D eigenvalue weighted by Crippen LogP contribution is 2.50. The largest absolute Gasteiger partial charge is 0.565 e. The van der Waals surface area contributed by atoms with Crippen LogP contribution in [0, 0.1) is 16.7 Å². The Hall–Kier alpha value is -0.800. The molecule has 2 bridgehead atoms. The van der Waals surface area contributed by atoms with Gasteiger partial charge in [0.2, 0.25) is 0 Å². The van der Waals surface area contributed by atoms with Crippen molar-refractivity contribution in [2.75, 3.05) is 0 Å². The SMILES string of the molecule is C=CC1(C)CC=C(C)CC1.CC1=CCC2(C)CCC1C2.O=[P+]([O-])OO.[HH]. The molecule has 1 saturated carbocycles. The summed E-state index contributed by atoms with van der Waals surface area (Å²) in [6.07, 6.45) is 16.3. The van der Waals surface area contributed by atoms with Gasteiger partial charge in [-0.2, -0.15) is 0 Å². The van der Waals surface area contributed by atoms with E-state index in [2.05, 4.69) is 57.2 Å². The Morgan fingerprint density at radius 1 is 1.36 bits per heavy atom. The van der Waals surface area contributed by atoms with Crippen LogP contribution >= 0.6 is 8.25 Å². The molecule has 4 nitrogen and oxygen atoms in total. The molecule has 4 atom stereocenters. The third-order valence-corrected chi connectivity index (χ3v) is 6.10. The van der Waals surface area contributed by atoms with Gasteiger partial charge >= 0.3 is 8.25 Å². The molecular formula is C20H35O4P. The Balaban J connectivity index is 0.000000376. The van der Waals surface area contributed by atoms with Gasteiger partial charge in [0.1, 0.15) is 0 Å². The summed E-state index contributed by atoms with van der Waals surface area (Å²) in [5.74, 6) is 0.957. The molecule has 4 unspecified atom stereocenters. The van der Waals surface area contributed by atoms with Crippen molar-refractivity contribution in [2.45, 2.75) is 72.6 Å². The van der Waals surface area contributed by atoms with Gasteiger partial charge in [-0.15, -0.1) is 6.58 Å². The Kier molecular flexibility index (Phi) is 8.70. The third-order valence-electron chi connectivity index (χ3n) is 5.96. The van der Waals surface area contributed by atoms with E-state index in [9.17, 15) is 0 Å². The lowest BCUT2D eigenvalue weighted by atomic mass is 9.77. The zero-order chi connectivity index (χ0) is 19.1. The van der Waals surface area contributed by atoms with E-state index in [1.165, 1.54) is 44.9 Å². The minimum Gasteiger partial charge on any atom is -0.565 e. The van der Waals surface area contributed by atoms with E-state index in [0.29, 0.717) is 10.8 Å². The van der Waals surface area contributed by atoms with Crippen LogP contribution in [0.3, 0.4) is 0 Å². The van der Waals surface area contributed by atoms with E-state index < -0.39 is 8.25 Å². The number of rotatable bonds is 2. The number of fused-ring (bicyclic) bond motifs is 2. The smallest absolute Gasteiger partial charge is 0.521 e. The molecule has 0 aliphatic heterocycles. The van der Waals surface area contributed by atoms with E-state index in [4.69, 9.17) is 14.7 Å². The maximum atomic E-state index is 8.93. The van der Waals surface area contributed by atoms with Gasteiger partial charge in [-0.05, 0) is 80.1 Å². The van der Waals surface area contributed by atoms with Gasteiger partial charge in [0.25, 0.3) is 0 Å². The lowest BCUT2D eigenvalue weighted by molar-refractivity contribution is -0.244. The minimum absolute atomic E-state index is 0. The van der Waals surface area contributed by atoms with Gasteiger partial charge in [-0.3, -0.25) is 0 Å². The molecule has 0 aromatic rings. The van der Waals surface area contributed by atoms with Crippen molar-refractivity contribution in [3.05, 3.63) is 36.0 Å². The summed E-state index contributed by atoms with van der Waals surface area (Å²) in [5.41, 5.74) is 4.29. The van der Waals surface area contributed by atoms with Crippen LogP contribution in [0.25, 0.3) is 0 Å². The average Bonchev–Trinajstić information content (AvgIpc) is 2.93. The molecule has 1 fully saturated rings. The van der Waals surface area contributed by atoms with Crippen LogP contribution in [0.15, 0.2) is 36.0 Å². The van der Waals surface area contributed by atoms with Crippen molar-refractivity contribution in [3.63, 3.8) is 0 Å². The molecule has 25 heavy (non-hydrogen) atoms. The maximum Gasteiger partial charge on any atom is 0.521 e. The third kappa shape index (κ3) is 7.53. The van der Waals surface area contributed by atoms with Crippen molar-refractivity contribution in [3.8, 4) is 0 Å². The summed E-state index contributed by atoms with van der Waals surface area (Å²) in [4.78, 5) is 8.93. The molecule has 0 spiro atoms. The number of hydrogen-bond acceptors (Lipinski definition) is 4. The topological polar surface area (TPSA) is 69.6 Å². The molecule has 0 heterocycles. The molecule has 5 heteroatoms. The fourth-order valence-electron chi connectivity index (χ4n) is 3.75. The van der Waals surface area contributed by atoms with Crippen molar-refractivity contribution in [2.24, 2.45) is 16.7 Å². The fourth-order valence-corrected chi connectivity index (χ4v) is 3.75. The van der Waals surface area contributed by atoms with Crippen molar-refractivity contribution >= 4 is 8.25 Å². The van der Waals surface area contributed by atoms with Crippen molar-refractivity contribution in [1.82, 2.24) is 0 Å². The van der Waals surface area contributed by atoms with E-state index in [1.54, 1.807) is 11.1 Å². The van der Waals surface area contributed by atoms with Crippen molar-refractivity contribution < 1.29 is 20.8 Å². The summed E-state index contributed by atoms with van der Waals surface area (Å²) < 4.78 is 11.6. The fraction of sp³-hybridized carbons (Fsp3) is 0.700. The molecule has 3 aliphatic carbocycles. The number of allylic oxidation sites excluding steroid dienone is 5. The zero-order valence-corrected chi connectivity index (χ0v) is 17.0. The highest BCUT2D eigenvalue weighted by Gasteiger charge is 2.37. The van der Waals surface area contributed by atoms with Crippen LogP contribution in [-0.2, 0) is 9.24 Å². The first kappa shape index (κ1) is 22.2. The predicted octanol–water partition coefficient (Wildman–Crippen LogP) is 6.19. The Morgan fingerprint density at radius 3 is 2.44 bits per heavy atom. The summed E-state index contributed by atoms with van der Waals surface area (Å²) in [6, 6.07) is 0. The molecule has 0 radical (unpaired) electrons. The lowest BCUT2D eigenvalue weighted by Gasteiger charge is -2.28. The van der Waals surface area contributed by atoms with Crippen LogP contribution in [0.1, 0.15) is 74.1 Å². The van der Waals surface area contributed by atoms with Gasteiger partial charge in [0.05, 0.1) is 0 Å². The van der Waals surface area contributed by atoms with Crippen molar-refractivity contribution in [1.29, 1.82) is 0 Å². The summed E-state index contributed by atoms with van der Waals surface area (Å²) >= 11 is 0. The first-order valence-corrected chi connectivity index (χ1v) is 10.1. The molecular weight excluding hydrogens is 335 g/mol. The first-order chi connectivity index (χ1) is 11.6. The minimum atomic E-state index is -3.04. The molecule has 0 aromatic heterocycles. The molecule has 0 amide bonds. The molecule has 1 N–H and O–H groups in total. The zero-order valence-electron chi connectivity index (χ0n) is 16.1. The first-order valence-electron chi connectivity index (χ1n) is 9.05. The quantitative estimate of drug-likeness (QED) is 0.272. The Labute approximate surface area is 155 Å². The summed E-state index contributed by atoms with van der Waals surface area (Å²) in [7, 11) is -3.04. The van der Waals surface area contributed by atoms with E-state index >= 15 is 0 Å². The summed E-state index contributed by atoms with van der Waals surface area (Å²) in [5, 5.41) is 7.05. The average molecular weight is 370 g/mol. The lowest BCUT2D eigenvalue weighted by Crippen LogP contribution is -2.15. The molecule has 3 aliphatic rings. The summed E-state index contributed by atoms with van der Waals surface area (Å²) in [6.45, 7) is 13.1. The van der Waals surface area contributed by atoms with Gasteiger partial charge in [-0.25, -0.2) is 5.26 Å². The molecule has 0 saturated heterocycles. The van der Waals surface area contributed by atoms with Gasteiger partial charge in [0.15, 0.2) is 0 Å². The van der Waals surface area contributed by atoms with Crippen LogP contribution < -0.4 is 4.89 Å². The van der Waals surface area contributed by atoms with Crippen LogP contribution in [0.2, 0.25) is 0 Å². The van der Waals surface area contributed by atoms with E-state index in [-0.39, 0.29) is 1.43 Å². The van der Waals surface area contributed by atoms with Gasteiger partial charge < -0.3 is 4.89 Å². The highest BCUT2D eigenvalue weighted by molar-refractivity contribution is 7.30. The predicted molar refractivity (Wildman–Crippen MR) is 103 cm³/mol. The maximum absolute atomic E-state index is 8.93. The van der Waals surface area contributed by atoms with Gasteiger partial charge in [0, 0.05) is 6.10 Å². The van der Waals surface area contributed by atoms with Crippen LogP contribution in [0.4, 0.5) is 0 Å². The molecule has 0 aromatic carbocycles. The van der Waals surface area contributed by atoms with Gasteiger partial charge in [-0.1, -0.05) is 43.2 Å². The van der Waals surface area contributed by atoms with E-state index in [0.717, 1.165) is 5.92 Å². The molecule has 3 rings (SSSR count). The Bertz CT molecular complexity index is 546. The number of hydrogen-bond donors (Lipinski definition) is 1. The second kappa shape index (κ2) is 9.78.